The minimum absolute atomic E-state index is 0.130. The van der Waals surface area contributed by atoms with Crippen molar-refractivity contribution in [2.45, 2.75) is 85.2 Å². The summed E-state index contributed by atoms with van der Waals surface area (Å²) in [5.41, 5.74) is 7.52. The number of quaternary nitrogens is 1. The van der Waals surface area contributed by atoms with Crippen LogP contribution in [0.1, 0.15) is 89.7 Å². The second-order valence-corrected chi connectivity index (χ2v) is 10.1. The molecule has 0 bridgehead atoms. The first-order valence-electron chi connectivity index (χ1n) is 11.1. The van der Waals surface area contributed by atoms with Crippen molar-refractivity contribution < 1.29 is 5.11 Å². The summed E-state index contributed by atoms with van der Waals surface area (Å²) >= 11 is 0. The topological polar surface area (TPSA) is 20.2 Å². The third-order valence-corrected chi connectivity index (χ3v) is 6.88. The Kier molecular flexibility index (Phi) is 6.17. The largest absolute Gasteiger partial charge is 0.392 e. The molecule has 0 aromatic heterocycles. The molecule has 0 amide bonds. The van der Waals surface area contributed by atoms with Crippen molar-refractivity contribution in [3.05, 3.63) is 35.0 Å². The fourth-order valence-corrected chi connectivity index (χ4v) is 5.43. The monoisotopic (exact) mass is 370 g/mol. The van der Waals surface area contributed by atoms with Gasteiger partial charge < -0.3 is 5.11 Å². The first kappa shape index (κ1) is 20.6. The van der Waals surface area contributed by atoms with Crippen LogP contribution < -0.4 is 4.48 Å². The van der Waals surface area contributed by atoms with Crippen molar-refractivity contribution in [2.24, 2.45) is 11.3 Å². The first-order chi connectivity index (χ1) is 12.8. The molecule has 2 nitrogen and oxygen atoms in total. The van der Waals surface area contributed by atoms with Crippen molar-refractivity contribution in [1.82, 2.24) is 4.48 Å². The quantitative estimate of drug-likeness (QED) is 0.401. The fourth-order valence-electron chi connectivity index (χ4n) is 5.43. The lowest BCUT2D eigenvalue weighted by molar-refractivity contribution is 0.246. The Morgan fingerprint density at radius 2 is 1.78 bits per heavy atom. The van der Waals surface area contributed by atoms with Gasteiger partial charge in [-0.1, -0.05) is 65.4 Å². The van der Waals surface area contributed by atoms with Gasteiger partial charge >= 0.3 is 0 Å². The van der Waals surface area contributed by atoms with E-state index in [1.165, 1.54) is 69.0 Å². The number of benzene rings is 1. The summed E-state index contributed by atoms with van der Waals surface area (Å²) in [6, 6.07) is 6.65. The van der Waals surface area contributed by atoms with Crippen LogP contribution in [0.15, 0.2) is 23.9 Å². The molecule has 1 aromatic carbocycles. The van der Waals surface area contributed by atoms with E-state index in [1.807, 2.05) is 0 Å². The van der Waals surface area contributed by atoms with E-state index in [0.717, 1.165) is 10.0 Å². The van der Waals surface area contributed by atoms with E-state index in [4.69, 9.17) is 0 Å². The molecule has 1 heterocycles. The summed E-state index contributed by atoms with van der Waals surface area (Å²) in [6.07, 6.45) is 12.1. The van der Waals surface area contributed by atoms with Crippen LogP contribution in [0.4, 0.5) is 5.69 Å². The van der Waals surface area contributed by atoms with Crippen LogP contribution in [0, 0.1) is 11.3 Å². The maximum atomic E-state index is 9.62. The number of unbranched alkanes of at least 4 members (excludes halogenated alkanes) is 5. The number of nitrogens with zero attached hydrogens (tertiary/aromatic N) is 1. The highest BCUT2D eigenvalue weighted by Gasteiger charge is 2.48. The zero-order valence-corrected chi connectivity index (χ0v) is 18.3. The van der Waals surface area contributed by atoms with Gasteiger partial charge in [-0.25, -0.2) is 0 Å². The zero-order valence-electron chi connectivity index (χ0n) is 18.3. The molecule has 0 fully saturated rings. The second kappa shape index (κ2) is 8.09. The molecule has 2 heteroatoms. The Bertz CT molecular complexity index is 698. The third-order valence-electron chi connectivity index (χ3n) is 6.88. The molecule has 1 aliphatic carbocycles. The third kappa shape index (κ3) is 4.17. The highest BCUT2D eigenvalue weighted by atomic mass is 16.3. The SMILES string of the molecule is CCCCCCCCC1CC(C)(C)CC2=C1c1ccc(CO)cc1[N+]2(C)C. The van der Waals surface area contributed by atoms with Crippen molar-refractivity contribution in [1.29, 1.82) is 0 Å². The number of hydrogen-bond donors (Lipinski definition) is 1. The van der Waals surface area contributed by atoms with Crippen molar-refractivity contribution in [3.8, 4) is 0 Å². The lowest BCUT2D eigenvalue weighted by atomic mass is 9.68. The van der Waals surface area contributed by atoms with E-state index in [-0.39, 0.29) is 6.61 Å². The summed E-state index contributed by atoms with van der Waals surface area (Å²) in [5.74, 6) is 0.688. The summed E-state index contributed by atoms with van der Waals surface area (Å²) < 4.78 is 0.870. The van der Waals surface area contributed by atoms with Gasteiger partial charge in [0.25, 0.3) is 0 Å². The summed E-state index contributed by atoms with van der Waals surface area (Å²) in [6.45, 7) is 7.32. The summed E-state index contributed by atoms with van der Waals surface area (Å²) in [4.78, 5) is 0. The highest BCUT2D eigenvalue weighted by molar-refractivity contribution is 5.87. The molecule has 0 saturated heterocycles. The van der Waals surface area contributed by atoms with Gasteiger partial charge in [-0.05, 0) is 35.8 Å². The van der Waals surface area contributed by atoms with Crippen molar-refractivity contribution in [3.63, 3.8) is 0 Å². The summed E-state index contributed by atoms with van der Waals surface area (Å²) in [7, 11) is 4.68. The number of hydrogen-bond acceptors (Lipinski definition) is 1. The van der Waals surface area contributed by atoms with E-state index in [2.05, 4.69) is 53.1 Å². The van der Waals surface area contributed by atoms with E-state index in [9.17, 15) is 5.11 Å². The molecule has 1 aliphatic heterocycles. The number of allylic oxidation sites excluding steroid dienone is 2. The van der Waals surface area contributed by atoms with E-state index < -0.39 is 0 Å². The maximum Gasteiger partial charge on any atom is 0.145 e. The zero-order chi connectivity index (χ0) is 19.7. The van der Waals surface area contributed by atoms with Gasteiger partial charge in [-0.2, -0.15) is 0 Å². The molecular formula is C25H40NO+. The molecule has 0 spiro atoms. The van der Waals surface area contributed by atoms with Gasteiger partial charge in [-0.15, -0.1) is 0 Å². The van der Waals surface area contributed by atoms with Gasteiger partial charge in [0.1, 0.15) is 11.4 Å². The smallest absolute Gasteiger partial charge is 0.145 e. The number of aliphatic hydroxyl groups is 1. The molecule has 3 rings (SSSR count). The molecular weight excluding hydrogens is 330 g/mol. The van der Waals surface area contributed by atoms with Crippen LogP contribution in [-0.4, -0.2) is 19.2 Å². The van der Waals surface area contributed by atoms with Crippen LogP contribution in [0.2, 0.25) is 0 Å². The minimum atomic E-state index is 0.130. The van der Waals surface area contributed by atoms with Gasteiger partial charge in [-0.3, -0.25) is 4.48 Å². The molecule has 150 valence electrons. The number of fused-ring (bicyclic) bond motifs is 2. The maximum absolute atomic E-state index is 9.62. The first-order valence-corrected chi connectivity index (χ1v) is 11.1. The van der Waals surface area contributed by atoms with Crippen LogP contribution in [0.3, 0.4) is 0 Å². The highest BCUT2D eigenvalue weighted by Crippen LogP contribution is 2.56. The van der Waals surface area contributed by atoms with Gasteiger partial charge in [0.05, 0.1) is 20.7 Å². The van der Waals surface area contributed by atoms with Gasteiger partial charge in [0.2, 0.25) is 0 Å². The molecule has 0 saturated carbocycles. The Morgan fingerprint density at radius 1 is 1.07 bits per heavy atom. The predicted molar refractivity (Wildman–Crippen MR) is 117 cm³/mol. The molecule has 1 aromatic rings. The second-order valence-electron chi connectivity index (χ2n) is 10.1. The molecule has 1 N–H and O–H groups in total. The van der Waals surface area contributed by atoms with E-state index in [0.29, 0.717) is 11.3 Å². The molecule has 1 unspecified atom stereocenters. The van der Waals surface area contributed by atoms with Crippen LogP contribution in [0.25, 0.3) is 5.57 Å². The van der Waals surface area contributed by atoms with E-state index >= 15 is 0 Å². The van der Waals surface area contributed by atoms with Crippen molar-refractivity contribution >= 4 is 11.3 Å². The number of aliphatic hydroxyl groups excluding tert-OH is 1. The fraction of sp³-hybridized carbons (Fsp3) is 0.680. The van der Waals surface area contributed by atoms with Crippen molar-refractivity contribution in [2.75, 3.05) is 14.1 Å². The predicted octanol–water partition coefficient (Wildman–Crippen LogP) is 6.66. The minimum Gasteiger partial charge on any atom is -0.392 e. The summed E-state index contributed by atoms with van der Waals surface area (Å²) in [5, 5.41) is 9.62. The van der Waals surface area contributed by atoms with Crippen LogP contribution >= 0.6 is 0 Å². The Morgan fingerprint density at radius 3 is 2.48 bits per heavy atom. The average molecular weight is 371 g/mol. The van der Waals surface area contributed by atoms with Gasteiger partial charge in [0, 0.05) is 23.6 Å². The molecule has 1 atom stereocenters. The van der Waals surface area contributed by atoms with Crippen LogP contribution in [0.5, 0.6) is 0 Å². The number of rotatable bonds is 8. The Hall–Kier alpha value is -1.12. The Labute approximate surface area is 166 Å². The van der Waals surface area contributed by atoms with Gasteiger partial charge in [0.15, 0.2) is 0 Å². The van der Waals surface area contributed by atoms with E-state index in [1.54, 1.807) is 11.3 Å². The normalized spacial score (nSPS) is 22.7. The standard InChI is InChI=1S/C25H40NO/c1-6-7-8-9-10-11-12-20-16-25(2,3)17-23-24(20)21-14-13-19(18-27)15-22(21)26(23,4)5/h13-15,20,27H,6-12,16-18H2,1-5H3/q+1. The average Bonchev–Trinajstić information content (AvgIpc) is 2.84. The lowest BCUT2D eigenvalue weighted by Crippen LogP contribution is -2.41. The lowest BCUT2D eigenvalue weighted by Gasteiger charge is -2.39. The molecule has 2 aliphatic rings. The van der Waals surface area contributed by atoms with Crippen LogP contribution in [-0.2, 0) is 6.61 Å². The molecule has 27 heavy (non-hydrogen) atoms. The Balaban J connectivity index is 1.84. The molecule has 0 radical (unpaired) electrons.